The maximum atomic E-state index is 10.5. The summed E-state index contributed by atoms with van der Waals surface area (Å²) in [7, 11) is 0. The molecule has 0 unspecified atom stereocenters. The molecule has 0 atom stereocenters. The third-order valence-electron chi connectivity index (χ3n) is 3.14. The van der Waals surface area contributed by atoms with Gasteiger partial charge in [0.1, 0.15) is 6.29 Å². The van der Waals surface area contributed by atoms with Crippen LogP contribution >= 0.6 is 0 Å². The van der Waals surface area contributed by atoms with Crippen molar-refractivity contribution in [1.29, 1.82) is 0 Å². The van der Waals surface area contributed by atoms with Gasteiger partial charge in [0, 0.05) is 5.56 Å². The van der Waals surface area contributed by atoms with Gasteiger partial charge in [0.25, 0.3) is 0 Å². The van der Waals surface area contributed by atoms with Gasteiger partial charge >= 0.3 is 0 Å². The molecule has 2 aromatic rings. The Labute approximate surface area is 108 Å². The lowest BCUT2D eigenvalue weighted by molar-refractivity contribution is 0.112. The van der Waals surface area contributed by atoms with E-state index >= 15 is 0 Å². The molecule has 0 N–H and O–H groups in total. The standard InChI is InChI=1S/C17H18O/c18-14-17-12-10-16(11-13-17)9-5-4-8-15-6-2-1-3-7-15/h1-3,6-7,10-14H,4-5,8-9H2. The van der Waals surface area contributed by atoms with Gasteiger partial charge in [-0.2, -0.15) is 0 Å². The zero-order chi connectivity index (χ0) is 12.6. The highest BCUT2D eigenvalue weighted by Gasteiger charge is 1.96. The van der Waals surface area contributed by atoms with E-state index < -0.39 is 0 Å². The number of aldehydes is 1. The first kappa shape index (κ1) is 12.6. The van der Waals surface area contributed by atoms with Crippen molar-refractivity contribution in [2.75, 3.05) is 0 Å². The molecule has 0 saturated carbocycles. The second-order valence-electron chi connectivity index (χ2n) is 4.55. The summed E-state index contributed by atoms with van der Waals surface area (Å²) in [6.45, 7) is 0. The number of benzene rings is 2. The van der Waals surface area contributed by atoms with Gasteiger partial charge in [-0.15, -0.1) is 0 Å². The molecule has 1 heteroatoms. The van der Waals surface area contributed by atoms with Crippen molar-refractivity contribution in [3.63, 3.8) is 0 Å². The average Bonchev–Trinajstić information content (AvgIpc) is 2.45. The number of hydrogen-bond acceptors (Lipinski definition) is 1. The van der Waals surface area contributed by atoms with Crippen LogP contribution in [-0.4, -0.2) is 6.29 Å². The lowest BCUT2D eigenvalue weighted by Gasteiger charge is -2.03. The van der Waals surface area contributed by atoms with E-state index in [1.807, 2.05) is 24.3 Å². The molecule has 0 spiro atoms. The summed E-state index contributed by atoms with van der Waals surface area (Å²) in [5.74, 6) is 0. The summed E-state index contributed by atoms with van der Waals surface area (Å²) < 4.78 is 0. The molecule has 0 radical (unpaired) electrons. The van der Waals surface area contributed by atoms with Gasteiger partial charge in [-0.25, -0.2) is 0 Å². The summed E-state index contributed by atoms with van der Waals surface area (Å²) in [4.78, 5) is 10.5. The number of unbranched alkanes of at least 4 members (excludes halogenated alkanes) is 1. The maximum absolute atomic E-state index is 10.5. The molecule has 0 heterocycles. The molecule has 18 heavy (non-hydrogen) atoms. The monoisotopic (exact) mass is 238 g/mol. The number of hydrogen-bond donors (Lipinski definition) is 0. The van der Waals surface area contributed by atoms with Crippen LogP contribution in [0.1, 0.15) is 34.3 Å². The number of aryl methyl sites for hydroxylation is 2. The molecule has 0 aliphatic heterocycles. The fraction of sp³-hybridized carbons (Fsp3) is 0.235. The van der Waals surface area contributed by atoms with Crippen LogP contribution in [0.15, 0.2) is 54.6 Å². The van der Waals surface area contributed by atoms with Gasteiger partial charge in [0.05, 0.1) is 0 Å². The van der Waals surface area contributed by atoms with Crippen LogP contribution in [0, 0.1) is 0 Å². The predicted molar refractivity (Wildman–Crippen MR) is 74.9 cm³/mol. The van der Waals surface area contributed by atoms with E-state index in [1.165, 1.54) is 24.0 Å². The largest absolute Gasteiger partial charge is 0.298 e. The van der Waals surface area contributed by atoms with Crippen LogP contribution in [-0.2, 0) is 12.8 Å². The van der Waals surface area contributed by atoms with Gasteiger partial charge in [0.2, 0.25) is 0 Å². The van der Waals surface area contributed by atoms with Crippen LogP contribution < -0.4 is 0 Å². The Morgan fingerprint density at radius 2 is 1.28 bits per heavy atom. The maximum Gasteiger partial charge on any atom is 0.150 e. The molecular formula is C17H18O. The molecule has 0 aromatic heterocycles. The summed E-state index contributed by atoms with van der Waals surface area (Å²) >= 11 is 0. The van der Waals surface area contributed by atoms with Gasteiger partial charge in [-0.05, 0) is 36.8 Å². The van der Waals surface area contributed by atoms with Gasteiger partial charge in [-0.1, -0.05) is 54.6 Å². The zero-order valence-electron chi connectivity index (χ0n) is 10.5. The highest BCUT2D eigenvalue weighted by Crippen LogP contribution is 2.09. The van der Waals surface area contributed by atoms with Gasteiger partial charge in [-0.3, -0.25) is 4.79 Å². The van der Waals surface area contributed by atoms with E-state index in [2.05, 4.69) is 30.3 Å². The highest BCUT2D eigenvalue weighted by molar-refractivity contribution is 5.74. The molecule has 0 amide bonds. The number of carbonyl (C=O) groups is 1. The van der Waals surface area contributed by atoms with E-state index in [0.717, 1.165) is 24.7 Å². The Kier molecular flexibility index (Phi) is 4.71. The number of carbonyl (C=O) groups excluding carboxylic acids is 1. The normalized spacial score (nSPS) is 10.2. The molecule has 1 nitrogen and oxygen atoms in total. The molecular weight excluding hydrogens is 220 g/mol. The third-order valence-corrected chi connectivity index (χ3v) is 3.14. The highest BCUT2D eigenvalue weighted by atomic mass is 16.1. The van der Waals surface area contributed by atoms with Gasteiger partial charge in [0.15, 0.2) is 0 Å². The van der Waals surface area contributed by atoms with Crippen molar-refractivity contribution >= 4 is 6.29 Å². The second-order valence-corrected chi connectivity index (χ2v) is 4.55. The molecule has 0 saturated heterocycles. The lowest BCUT2D eigenvalue weighted by atomic mass is 10.0. The quantitative estimate of drug-likeness (QED) is 0.548. The first-order valence-electron chi connectivity index (χ1n) is 6.46. The van der Waals surface area contributed by atoms with Crippen molar-refractivity contribution in [1.82, 2.24) is 0 Å². The molecule has 92 valence electrons. The Morgan fingerprint density at radius 1 is 0.722 bits per heavy atom. The van der Waals surface area contributed by atoms with Crippen molar-refractivity contribution in [2.24, 2.45) is 0 Å². The number of rotatable bonds is 6. The van der Waals surface area contributed by atoms with Crippen molar-refractivity contribution in [3.8, 4) is 0 Å². The topological polar surface area (TPSA) is 17.1 Å². The Bertz CT molecular complexity index is 471. The van der Waals surface area contributed by atoms with E-state index in [-0.39, 0.29) is 0 Å². The second kappa shape index (κ2) is 6.75. The van der Waals surface area contributed by atoms with E-state index in [1.54, 1.807) is 0 Å². The summed E-state index contributed by atoms with van der Waals surface area (Å²) in [6.07, 6.45) is 5.52. The Morgan fingerprint density at radius 3 is 1.83 bits per heavy atom. The average molecular weight is 238 g/mol. The van der Waals surface area contributed by atoms with Crippen molar-refractivity contribution < 1.29 is 4.79 Å². The fourth-order valence-electron chi connectivity index (χ4n) is 2.07. The van der Waals surface area contributed by atoms with Crippen molar-refractivity contribution in [3.05, 3.63) is 71.3 Å². The third kappa shape index (κ3) is 3.85. The van der Waals surface area contributed by atoms with E-state index in [9.17, 15) is 4.79 Å². The molecule has 0 fully saturated rings. The van der Waals surface area contributed by atoms with Crippen LogP contribution in [0.3, 0.4) is 0 Å². The summed E-state index contributed by atoms with van der Waals surface area (Å²) in [5.41, 5.74) is 3.48. The fourth-order valence-corrected chi connectivity index (χ4v) is 2.07. The Hall–Kier alpha value is -1.89. The SMILES string of the molecule is O=Cc1ccc(CCCCc2ccccc2)cc1. The van der Waals surface area contributed by atoms with E-state index in [4.69, 9.17) is 0 Å². The van der Waals surface area contributed by atoms with E-state index in [0.29, 0.717) is 0 Å². The predicted octanol–water partition coefficient (Wildman–Crippen LogP) is 4.06. The van der Waals surface area contributed by atoms with Crippen LogP contribution in [0.2, 0.25) is 0 Å². The molecule has 0 aliphatic rings. The molecule has 2 aromatic carbocycles. The lowest BCUT2D eigenvalue weighted by Crippen LogP contribution is -1.90. The molecule has 0 bridgehead atoms. The van der Waals surface area contributed by atoms with Crippen LogP contribution in [0.5, 0.6) is 0 Å². The van der Waals surface area contributed by atoms with Crippen LogP contribution in [0.4, 0.5) is 0 Å². The minimum absolute atomic E-state index is 0.753. The van der Waals surface area contributed by atoms with Gasteiger partial charge < -0.3 is 0 Å². The first-order chi connectivity index (χ1) is 8.88. The first-order valence-corrected chi connectivity index (χ1v) is 6.46. The summed E-state index contributed by atoms with van der Waals surface area (Å²) in [6, 6.07) is 18.5. The molecule has 2 rings (SSSR count). The van der Waals surface area contributed by atoms with Crippen LogP contribution in [0.25, 0.3) is 0 Å². The molecule has 0 aliphatic carbocycles. The smallest absolute Gasteiger partial charge is 0.150 e. The Balaban J connectivity index is 1.73. The zero-order valence-corrected chi connectivity index (χ0v) is 10.5. The van der Waals surface area contributed by atoms with Crippen molar-refractivity contribution in [2.45, 2.75) is 25.7 Å². The minimum Gasteiger partial charge on any atom is -0.298 e. The minimum atomic E-state index is 0.753. The summed E-state index contributed by atoms with van der Waals surface area (Å²) in [5, 5.41) is 0.